The summed E-state index contributed by atoms with van der Waals surface area (Å²) in [6.45, 7) is 4.51. The number of carbonyl (C=O) groups is 2. The second-order valence-electron chi connectivity index (χ2n) is 10.1. The van der Waals surface area contributed by atoms with Gasteiger partial charge >= 0.3 is 17.7 Å². The van der Waals surface area contributed by atoms with Crippen LogP contribution in [0.5, 0.6) is 5.75 Å². The van der Waals surface area contributed by atoms with Gasteiger partial charge in [-0.1, -0.05) is 25.1 Å². The summed E-state index contributed by atoms with van der Waals surface area (Å²) in [7, 11) is 1.54. The van der Waals surface area contributed by atoms with Gasteiger partial charge in [0.25, 0.3) is 5.56 Å². The van der Waals surface area contributed by atoms with E-state index in [1.807, 2.05) is 23.1 Å². The number of esters is 1. The molecular formula is C29H32N4O8S. The lowest BCUT2D eigenvalue weighted by Gasteiger charge is -2.38. The molecule has 1 N–H and O–H groups in total. The molecule has 0 radical (unpaired) electrons. The van der Waals surface area contributed by atoms with E-state index in [0.29, 0.717) is 41.1 Å². The molecule has 222 valence electrons. The van der Waals surface area contributed by atoms with Crippen LogP contribution in [0.1, 0.15) is 47.9 Å². The minimum absolute atomic E-state index is 0.0190. The maximum Gasteiger partial charge on any atom is 0.340 e. The van der Waals surface area contributed by atoms with E-state index in [9.17, 15) is 24.3 Å². The first-order chi connectivity index (χ1) is 20.3. The number of rotatable bonds is 12. The number of likely N-dealkylation sites (tertiary alicyclic amines) is 1. The Morgan fingerprint density at radius 2 is 2.05 bits per heavy atom. The average molecular weight is 597 g/mol. The molecule has 1 saturated heterocycles. The Bertz CT molecular complexity index is 1700. The molecule has 42 heavy (non-hydrogen) atoms. The van der Waals surface area contributed by atoms with E-state index < -0.39 is 35.5 Å². The van der Waals surface area contributed by atoms with Crippen molar-refractivity contribution in [1.82, 2.24) is 19.0 Å². The van der Waals surface area contributed by atoms with Crippen molar-refractivity contribution in [3.05, 3.63) is 73.6 Å². The summed E-state index contributed by atoms with van der Waals surface area (Å²) in [5.41, 5.74) is 0.0640. The van der Waals surface area contributed by atoms with Crippen molar-refractivity contribution in [2.24, 2.45) is 0 Å². The van der Waals surface area contributed by atoms with Gasteiger partial charge in [0, 0.05) is 49.3 Å². The molecule has 5 rings (SSSR count). The topological polar surface area (TPSA) is 146 Å². The highest BCUT2D eigenvalue weighted by atomic mass is 32.1. The lowest BCUT2D eigenvalue weighted by Crippen LogP contribution is -2.54. The predicted octanol–water partition coefficient (Wildman–Crippen LogP) is 2.56. The largest absolute Gasteiger partial charge is 0.496 e. The molecule has 4 aromatic rings. The fourth-order valence-corrected chi connectivity index (χ4v) is 6.60. The maximum atomic E-state index is 14.1. The number of aliphatic hydroxyl groups excluding tert-OH is 1. The van der Waals surface area contributed by atoms with Gasteiger partial charge in [-0.25, -0.2) is 14.3 Å². The van der Waals surface area contributed by atoms with Crippen LogP contribution in [0, 0.1) is 6.92 Å². The Hall–Kier alpha value is -4.07. The van der Waals surface area contributed by atoms with Crippen LogP contribution in [0.25, 0.3) is 16.2 Å². The number of para-hydroxylation sites is 1. The molecule has 13 heteroatoms. The second kappa shape index (κ2) is 12.4. The van der Waals surface area contributed by atoms with Gasteiger partial charge in [-0.2, -0.15) is 0 Å². The minimum Gasteiger partial charge on any atom is -0.496 e. The number of thiophene rings is 1. The van der Waals surface area contributed by atoms with Gasteiger partial charge in [-0.3, -0.25) is 19.1 Å². The number of nitrogens with zero attached hydrogens (tertiary/aromatic N) is 4. The summed E-state index contributed by atoms with van der Waals surface area (Å²) in [6, 6.07) is 6.46. The molecule has 1 unspecified atom stereocenters. The number of ether oxygens (including phenoxy) is 2. The van der Waals surface area contributed by atoms with E-state index >= 15 is 0 Å². The third-order valence-electron chi connectivity index (χ3n) is 7.43. The van der Waals surface area contributed by atoms with Crippen molar-refractivity contribution in [1.29, 1.82) is 0 Å². The Morgan fingerprint density at radius 3 is 2.69 bits per heavy atom. The molecule has 3 aromatic heterocycles. The first-order valence-electron chi connectivity index (χ1n) is 13.6. The van der Waals surface area contributed by atoms with Crippen LogP contribution in [0.2, 0.25) is 0 Å². The molecule has 1 aliphatic heterocycles. The van der Waals surface area contributed by atoms with Gasteiger partial charge in [0.15, 0.2) is 0 Å². The molecule has 1 aliphatic rings. The number of aliphatic hydroxyl groups is 1. The van der Waals surface area contributed by atoms with Crippen LogP contribution >= 0.6 is 11.3 Å². The first kappa shape index (κ1) is 29.4. The minimum atomic E-state index is -0.768. The summed E-state index contributed by atoms with van der Waals surface area (Å²) < 4.78 is 19.2. The van der Waals surface area contributed by atoms with E-state index in [2.05, 4.69) is 4.98 Å². The Morgan fingerprint density at radius 1 is 1.29 bits per heavy atom. The van der Waals surface area contributed by atoms with Gasteiger partial charge in [-0.15, -0.1) is 11.3 Å². The standard InChI is InChI=1S/C29H32N4O8S/c1-4-24(36)41-22(20-7-5-6-8-21(20)39-3)13-23-17(2)25-26(37)32(18(9-11-34)14-31-15-19(35)16-31)29(38)33(27(25)42-23)28-30-10-12-40-28/h5-8,10-12,18-19,22,35H,4,9,13-16H2,1-3H3/t18?,22-/m1/s1. The SMILES string of the molecule is CCC(=O)O[C@H](Cc1sc2c(c1C)c(=O)n(C(CC=O)CN1CC(O)C1)c(=O)n2-c1ncco1)c1ccccc1OC. The maximum absolute atomic E-state index is 14.1. The van der Waals surface area contributed by atoms with Crippen LogP contribution in [-0.4, -0.2) is 69.2 Å². The molecule has 0 saturated carbocycles. The fraction of sp³-hybridized carbons (Fsp3) is 0.414. The lowest BCUT2D eigenvalue weighted by atomic mass is 10.0. The molecular weight excluding hydrogens is 564 g/mol. The third kappa shape index (κ3) is 5.54. The van der Waals surface area contributed by atoms with Crippen molar-refractivity contribution in [2.75, 3.05) is 26.7 Å². The molecule has 12 nitrogen and oxygen atoms in total. The highest BCUT2D eigenvalue weighted by Crippen LogP contribution is 2.36. The monoisotopic (exact) mass is 596 g/mol. The highest BCUT2D eigenvalue weighted by Gasteiger charge is 2.32. The zero-order valence-electron chi connectivity index (χ0n) is 23.5. The number of hydrogen-bond donors (Lipinski definition) is 1. The number of fused-ring (bicyclic) bond motifs is 1. The molecule has 0 amide bonds. The number of aldehydes is 1. The number of oxazole rings is 1. The lowest BCUT2D eigenvalue weighted by molar-refractivity contribution is -0.149. The van der Waals surface area contributed by atoms with Gasteiger partial charge < -0.3 is 23.8 Å². The molecule has 2 atom stereocenters. The van der Waals surface area contributed by atoms with Gasteiger partial charge in [0.1, 0.15) is 29.2 Å². The quantitative estimate of drug-likeness (QED) is 0.191. The number of hydrogen-bond acceptors (Lipinski definition) is 11. The van der Waals surface area contributed by atoms with Crippen LogP contribution in [0.15, 0.2) is 50.7 Å². The van der Waals surface area contributed by atoms with Crippen molar-refractivity contribution >= 4 is 33.8 Å². The van der Waals surface area contributed by atoms with Gasteiger partial charge in [0.2, 0.25) is 0 Å². The van der Waals surface area contributed by atoms with Gasteiger partial charge in [0.05, 0.1) is 30.8 Å². The molecule has 4 heterocycles. The zero-order chi connectivity index (χ0) is 30.0. The number of benzene rings is 1. The number of carbonyl (C=O) groups excluding carboxylic acids is 2. The van der Waals surface area contributed by atoms with Crippen LogP contribution in [0.3, 0.4) is 0 Å². The summed E-state index contributed by atoms with van der Waals surface area (Å²) in [6.07, 6.45) is 2.54. The number of aryl methyl sites for hydroxylation is 1. The number of aromatic nitrogens is 3. The van der Waals surface area contributed by atoms with Crippen LogP contribution < -0.4 is 16.0 Å². The Kier molecular flexibility index (Phi) is 8.71. The summed E-state index contributed by atoms with van der Waals surface area (Å²) in [5, 5.41) is 10.0. The highest BCUT2D eigenvalue weighted by molar-refractivity contribution is 7.18. The summed E-state index contributed by atoms with van der Waals surface area (Å²) in [4.78, 5) is 59.3. The molecule has 0 bridgehead atoms. The van der Waals surface area contributed by atoms with Crippen molar-refractivity contribution in [2.45, 2.75) is 51.4 Å². The first-order valence-corrected chi connectivity index (χ1v) is 14.4. The average Bonchev–Trinajstić information content (AvgIpc) is 3.60. The predicted molar refractivity (Wildman–Crippen MR) is 154 cm³/mol. The van der Waals surface area contributed by atoms with Crippen LogP contribution in [0.4, 0.5) is 0 Å². The van der Waals surface area contributed by atoms with Crippen molar-refractivity contribution < 1.29 is 28.6 Å². The summed E-state index contributed by atoms with van der Waals surface area (Å²) >= 11 is 1.22. The zero-order valence-corrected chi connectivity index (χ0v) is 24.3. The molecule has 1 aromatic carbocycles. The molecule has 1 fully saturated rings. The van der Waals surface area contributed by atoms with Crippen molar-refractivity contribution in [3.63, 3.8) is 0 Å². The third-order valence-corrected chi connectivity index (χ3v) is 8.73. The van der Waals surface area contributed by atoms with E-state index in [1.165, 1.54) is 35.5 Å². The number of β-amino-alcohol motifs (C(OH)–C–C–N with tert-alkyl or cyclic N) is 1. The Labute approximate surface area is 244 Å². The fourth-order valence-electron chi connectivity index (χ4n) is 5.29. The number of methoxy groups -OCH3 is 1. The molecule has 0 aliphatic carbocycles. The van der Waals surface area contributed by atoms with E-state index in [0.717, 1.165) is 9.44 Å². The second-order valence-corrected chi connectivity index (χ2v) is 11.2. The van der Waals surface area contributed by atoms with E-state index in [1.54, 1.807) is 19.9 Å². The van der Waals surface area contributed by atoms with Crippen LogP contribution in [-0.2, 0) is 20.7 Å². The normalized spacial score (nSPS) is 15.3. The van der Waals surface area contributed by atoms with E-state index in [-0.39, 0.29) is 37.2 Å². The summed E-state index contributed by atoms with van der Waals surface area (Å²) in [5.74, 6) is 0.161. The van der Waals surface area contributed by atoms with E-state index in [4.69, 9.17) is 13.9 Å². The van der Waals surface area contributed by atoms with Gasteiger partial charge in [-0.05, 0) is 18.6 Å². The smallest absolute Gasteiger partial charge is 0.340 e. The van der Waals surface area contributed by atoms with Crippen molar-refractivity contribution in [3.8, 4) is 11.8 Å². The Balaban J connectivity index is 1.68. The molecule has 0 spiro atoms.